The van der Waals surface area contributed by atoms with Crippen LogP contribution < -0.4 is 0 Å². The van der Waals surface area contributed by atoms with Crippen molar-refractivity contribution in [2.45, 2.75) is 38.9 Å². The zero-order valence-electron chi connectivity index (χ0n) is 10.7. The molecule has 0 rings (SSSR count). The van der Waals surface area contributed by atoms with Crippen molar-refractivity contribution in [3.8, 4) is 0 Å². The number of aliphatic imine (C=N–C) groups is 1. The molecule has 5 heteroatoms. The summed E-state index contributed by atoms with van der Waals surface area (Å²) in [4.78, 5) is 25.7. The predicted octanol–water partition coefficient (Wildman–Crippen LogP) is 1.52. The molecule has 0 radical (unpaired) electrons. The van der Waals surface area contributed by atoms with Gasteiger partial charge in [0, 0.05) is 19.5 Å². The van der Waals surface area contributed by atoms with E-state index in [9.17, 15) is 9.59 Å². The van der Waals surface area contributed by atoms with Gasteiger partial charge in [0.15, 0.2) is 0 Å². The van der Waals surface area contributed by atoms with E-state index in [-0.39, 0.29) is 6.10 Å². The molecule has 5 nitrogen and oxygen atoms in total. The Balaban J connectivity index is 4.28. The second-order valence-electron chi connectivity index (χ2n) is 4.22. The number of hydrogen-bond acceptors (Lipinski definition) is 5. The molecule has 96 valence electrons. The Morgan fingerprint density at radius 1 is 1.41 bits per heavy atom. The number of carbonyl (C=O) groups excluding carboxylic acids is 2. The molecule has 0 amide bonds. The van der Waals surface area contributed by atoms with Gasteiger partial charge in [0.25, 0.3) is 0 Å². The van der Waals surface area contributed by atoms with Crippen molar-refractivity contribution in [2.75, 3.05) is 7.05 Å². The van der Waals surface area contributed by atoms with Crippen LogP contribution in [0.3, 0.4) is 0 Å². The first-order valence-corrected chi connectivity index (χ1v) is 5.29. The topological polar surface area (TPSA) is 65.0 Å². The summed E-state index contributed by atoms with van der Waals surface area (Å²) < 4.78 is 10.2. The van der Waals surface area contributed by atoms with Crippen LogP contribution in [0.15, 0.2) is 17.6 Å². The lowest BCUT2D eigenvalue weighted by Crippen LogP contribution is -2.33. The molecule has 0 aliphatic rings. The molecule has 1 unspecified atom stereocenters. The lowest BCUT2D eigenvalue weighted by molar-refractivity contribution is -0.153. The number of nitrogens with zero attached hydrogens (tertiary/aromatic N) is 1. The molecule has 0 aliphatic heterocycles. The van der Waals surface area contributed by atoms with Crippen LogP contribution >= 0.6 is 0 Å². The Bertz CT molecular complexity index is 320. The van der Waals surface area contributed by atoms with E-state index in [0.717, 1.165) is 12.3 Å². The van der Waals surface area contributed by atoms with E-state index >= 15 is 0 Å². The van der Waals surface area contributed by atoms with Crippen LogP contribution in [0.4, 0.5) is 0 Å². The van der Waals surface area contributed by atoms with E-state index in [0.29, 0.717) is 6.42 Å². The molecule has 0 fully saturated rings. The first-order chi connectivity index (χ1) is 7.80. The largest absolute Gasteiger partial charge is 0.459 e. The molecule has 0 heterocycles. The van der Waals surface area contributed by atoms with Gasteiger partial charge >= 0.3 is 11.9 Å². The van der Waals surface area contributed by atoms with E-state index in [1.165, 1.54) is 7.05 Å². The number of rotatable bonds is 6. The molecular formula is C12H19NO4. The van der Waals surface area contributed by atoms with E-state index in [1.54, 1.807) is 20.8 Å². The van der Waals surface area contributed by atoms with Crippen LogP contribution in [0.5, 0.6) is 0 Å². The van der Waals surface area contributed by atoms with Crippen molar-refractivity contribution in [3.05, 3.63) is 12.7 Å². The first-order valence-electron chi connectivity index (χ1n) is 5.29. The number of esters is 2. The number of carbonyl (C=O) groups is 2. The highest BCUT2D eigenvalue weighted by Crippen LogP contribution is 2.18. The highest BCUT2D eigenvalue weighted by atomic mass is 16.6. The van der Waals surface area contributed by atoms with Crippen molar-refractivity contribution in [1.29, 1.82) is 0 Å². The average Bonchev–Trinajstić information content (AvgIpc) is 2.15. The van der Waals surface area contributed by atoms with Crippen LogP contribution in [-0.2, 0) is 19.1 Å². The van der Waals surface area contributed by atoms with Crippen LogP contribution in [-0.4, -0.2) is 36.9 Å². The van der Waals surface area contributed by atoms with Crippen molar-refractivity contribution in [2.24, 2.45) is 4.99 Å². The van der Waals surface area contributed by atoms with Gasteiger partial charge in [-0.2, -0.15) is 0 Å². The van der Waals surface area contributed by atoms with Gasteiger partial charge in [0.2, 0.25) is 0 Å². The maximum Gasteiger partial charge on any atom is 0.349 e. The molecular weight excluding hydrogens is 222 g/mol. The van der Waals surface area contributed by atoms with Gasteiger partial charge in [-0.3, -0.25) is 4.99 Å². The van der Waals surface area contributed by atoms with Gasteiger partial charge in [-0.25, -0.2) is 9.59 Å². The highest BCUT2D eigenvalue weighted by molar-refractivity contribution is 6.23. The van der Waals surface area contributed by atoms with Gasteiger partial charge in [-0.15, -0.1) is 0 Å². The number of hydrogen-bond donors (Lipinski definition) is 0. The van der Waals surface area contributed by atoms with E-state index in [2.05, 4.69) is 11.6 Å². The van der Waals surface area contributed by atoms with E-state index in [1.807, 2.05) is 0 Å². The summed E-state index contributed by atoms with van der Waals surface area (Å²) in [7, 11) is 1.49. The van der Waals surface area contributed by atoms with Crippen LogP contribution in [0.1, 0.15) is 27.2 Å². The van der Waals surface area contributed by atoms with E-state index < -0.39 is 17.5 Å². The normalized spacial score (nSPS) is 13.2. The molecule has 0 saturated carbocycles. The van der Waals surface area contributed by atoms with Gasteiger partial charge < -0.3 is 9.47 Å². The average molecular weight is 241 g/mol. The SMILES string of the molecule is C=CC(=O)OC(C)CC(C)(C)OC(=O)/C=N/C. The Morgan fingerprint density at radius 2 is 2.00 bits per heavy atom. The van der Waals surface area contributed by atoms with Crippen LogP contribution in [0.2, 0.25) is 0 Å². The lowest BCUT2D eigenvalue weighted by Gasteiger charge is -2.27. The molecule has 1 atom stereocenters. The summed E-state index contributed by atoms with van der Waals surface area (Å²) in [5.74, 6) is -1.01. The fourth-order valence-electron chi connectivity index (χ4n) is 1.43. The molecule has 0 aromatic heterocycles. The lowest BCUT2D eigenvalue weighted by atomic mass is 10.0. The third-order valence-electron chi connectivity index (χ3n) is 1.87. The highest BCUT2D eigenvalue weighted by Gasteiger charge is 2.26. The molecule has 0 saturated heterocycles. The summed E-state index contributed by atoms with van der Waals surface area (Å²) in [6, 6.07) is 0. The predicted molar refractivity (Wildman–Crippen MR) is 65.0 cm³/mol. The molecule has 0 aromatic carbocycles. The fraction of sp³-hybridized carbons (Fsp3) is 0.583. The Morgan fingerprint density at radius 3 is 2.47 bits per heavy atom. The summed E-state index contributed by atoms with van der Waals surface area (Å²) in [5.41, 5.74) is -0.723. The second-order valence-corrected chi connectivity index (χ2v) is 4.22. The third kappa shape index (κ3) is 7.27. The third-order valence-corrected chi connectivity index (χ3v) is 1.87. The molecule has 0 aliphatic carbocycles. The fourth-order valence-corrected chi connectivity index (χ4v) is 1.43. The zero-order chi connectivity index (χ0) is 13.5. The molecule has 0 N–H and O–H groups in total. The zero-order valence-corrected chi connectivity index (χ0v) is 10.7. The smallest absolute Gasteiger partial charge is 0.349 e. The summed E-state index contributed by atoms with van der Waals surface area (Å²) >= 11 is 0. The van der Waals surface area contributed by atoms with Crippen molar-refractivity contribution < 1.29 is 19.1 Å². The van der Waals surface area contributed by atoms with Crippen LogP contribution in [0.25, 0.3) is 0 Å². The minimum Gasteiger partial charge on any atom is -0.459 e. The quantitative estimate of drug-likeness (QED) is 0.402. The Kier molecular flexibility index (Phi) is 6.17. The molecule has 0 spiro atoms. The maximum atomic E-state index is 11.2. The monoisotopic (exact) mass is 241 g/mol. The second kappa shape index (κ2) is 6.83. The van der Waals surface area contributed by atoms with E-state index in [4.69, 9.17) is 9.47 Å². The van der Waals surface area contributed by atoms with Gasteiger partial charge in [0.1, 0.15) is 17.9 Å². The summed E-state index contributed by atoms with van der Waals surface area (Å²) in [5, 5.41) is 0. The minimum atomic E-state index is -0.723. The number of ether oxygens (including phenoxy) is 2. The summed E-state index contributed by atoms with van der Waals surface area (Å²) in [6.45, 7) is 8.52. The van der Waals surface area contributed by atoms with Crippen LogP contribution in [0, 0.1) is 0 Å². The van der Waals surface area contributed by atoms with Gasteiger partial charge in [0.05, 0.1) is 0 Å². The van der Waals surface area contributed by atoms with Crippen molar-refractivity contribution >= 4 is 18.2 Å². The van der Waals surface area contributed by atoms with Crippen molar-refractivity contribution in [1.82, 2.24) is 0 Å². The summed E-state index contributed by atoms with van der Waals surface area (Å²) in [6.07, 6.45) is 2.24. The molecule has 0 aromatic rings. The molecule has 17 heavy (non-hydrogen) atoms. The maximum absolute atomic E-state index is 11.2. The standard InChI is InChI=1S/C12H19NO4/c1-6-10(14)16-9(2)7-12(3,4)17-11(15)8-13-5/h6,8-9H,1,7H2,2-5H3/b13-8+. The Hall–Kier alpha value is -1.65. The van der Waals surface area contributed by atoms with Gasteiger partial charge in [-0.1, -0.05) is 6.58 Å². The van der Waals surface area contributed by atoms with Crippen molar-refractivity contribution in [3.63, 3.8) is 0 Å². The minimum absolute atomic E-state index is 0.359. The first kappa shape index (κ1) is 15.3. The van der Waals surface area contributed by atoms with Gasteiger partial charge in [-0.05, 0) is 20.8 Å². The molecule has 0 bridgehead atoms. The Labute approximate surface area is 102 Å².